The van der Waals surface area contributed by atoms with E-state index in [1.54, 1.807) is 39.6 Å². The molecular formula is C33H35N5O5. The van der Waals surface area contributed by atoms with E-state index in [1.165, 1.54) is 0 Å². The first kappa shape index (κ1) is 29.5. The van der Waals surface area contributed by atoms with E-state index in [0.717, 1.165) is 32.1 Å². The van der Waals surface area contributed by atoms with Gasteiger partial charge in [0.25, 0.3) is 0 Å². The average Bonchev–Trinajstić information content (AvgIpc) is 3.01. The van der Waals surface area contributed by atoms with Crippen molar-refractivity contribution in [2.75, 3.05) is 32.3 Å². The molecule has 10 nitrogen and oxygen atoms in total. The fraction of sp³-hybridized carbons (Fsp3) is 0.333. The molecule has 0 unspecified atom stereocenters. The van der Waals surface area contributed by atoms with Gasteiger partial charge in [-0.25, -0.2) is 9.78 Å². The van der Waals surface area contributed by atoms with Crippen molar-refractivity contribution in [3.63, 3.8) is 0 Å². The zero-order valence-corrected chi connectivity index (χ0v) is 24.6. The number of aromatic nitrogens is 3. The van der Waals surface area contributed by atoms with Crippen LogP contribution < -0.4 is 26.4 Å². The molecule has 0 bridgehead atoms. The number of methoxy groups -OCH3 is 2. The maximum Gasteiger partial charge on any atom is 0.343 e. The lowest BCUT2D eigenvalue weighted by molar-refractivity contribution is 0.0524. The molecule has 0 radical (unpaired) electrons. The van der Waals surface area contributed by atoms with Gasteiger partial charge in [-0.1, -0.05) is 37.2 Å². The van der Waals surface area contributed by atoms with Crippen LogP contribution in [0, 0.1) is 11.8 Å². The summed E-state index contributed by atoms with van der Waals surface area (Å²) in [6.07, 6.45) is 8.59. The first-order chi connectivity index (χ1) is 20.8. The molecule has 1 saturated carbocycles. The molecule has 4 aromatic rings. The SMILES string of the molecule is CCOC(=O)c1cn(C2CCCCC2)c2cc(C#Cc3cccc(OC)c3OC)cc(Cc3cnc(N)nc3N)c2c1=O. The third-order valence-corrected chi connectivity index (χ3v) is 7.72. The number of hydrogen-bond donors (Lipinski definition) is 2. The largest absolute Gasteiger partial charge is 0.493 e. The van der Waals surface area contributed by atoms with Crippen LogP contribution in [0.2, 0.25) is 0 Å². The molecule has 4 N–H and O–H groups in total. The number of carbonyl (C=O) groups is 1. The van der Waals surface area contributed by atoms with E-state index in [1.807, 2.05) is 24.3 Å². The molecule has 43 heavy (non-hydrogen) atoms. The summed E-state index contributed by atoms with van der Waals surface area (Å²) in [5.74, 6) is 7.20. The number of ether oxygens (including phenoxy) is 3. The quantitative estimate of drug-likeness (QED) is 0.235. The van der Waals surface area contributed by atoms with Crippen molar-refractivity contribution in [1.29, 1.82) is 0 Å². The predicted octanol–water partition coefficient (Wildman–Crippen LogP) is 4.65. The van der Waals surface area contributed by atoms with Gasteiger partial charge in [-0.2, -0.15) is 4.98 Å². The normalized spacial score (nSPS) is 13.3. The third kappa shape index (κ3) is 6.11. The second-order valence-corrected chi connectivity index (χ2v) is 10.4. The average molecular weight is 582 g/mol. The van der Waals surface area contributed by atoms with Gasteiger partial charge >= 0.3 is 5.97 Å². The Kier molecular flexibility index (Phi) is 8.81. The number of anilines is 2. The molecule has 0 aliphatic heterocycles. The smallest absolute Gasteiger partial charge is 0.343 e. The summed E-state index contributed by atoms with van der Waals surface area (Å²) in [5, 5.41) is 0.414. The molecule has 0 spiro atoms. The molecule has 5 rings (SSSR count). The fourth-order valence-corrected chi connectivity index (χ4v) is 5.68. The molecule has 10 heteroatoms. The Morgan fingerprint density at radius 2 is 1.86 bits per heavy atom. The highest BCUT2D eigenvalue weighted by molar-refractivity contribution is 5.95. The molecule has 1 fully saturated rings. The number of nitrogens with two attached hydrogens (primary N) is 2. The van der Waals surface area contributed by atoms with Crippen molar-refractivity contribution in [3.8, 4) is 23.3 Å². The Balaban J connectivity index is 1.78. The minimum atomic E-state index is -0.644. The number of rotatable bonds is 7. The maximum absolute atomic E-state index is 14.0. The second kappa shape index (κ2) is 12.9. The first-order valence-electron chi connectivity index (χ1n) is 14.3. The Morgan fingerprint density at radius 3 is 2.56 bits per heavy atom. The van der Waals surface area contributed by atoms with Crippen molar-refractivity contribution in [2.24, 2.45) is 0 Å². The van der Waals surface area contributed by atoms with Crippen LogP contribution in [0.3, 0.4) is 0 Å². The zero-order chi connectivity index (χ0) is 30.5. The number of esters is 1. The zero-order valence-electron chi connectivity index (χ0n) is 24.6. The van der Waals surface area contributed by atoms with Crippen LogP contribution in [-0.4, -0.2) is 41.3 Å². The van der Waals surface area contributed by atoms with Gasteiger partial charge in [-0.15, -0.1) is 0 Å². The van der Waals surface area contributed by atoms with E-state index in [9.17, 15) is 9.59 Å². The highest BCUT2D eigenvalue weighted by Crippen LogP contribution is 2.33. The number of fused-ring (bicyclic) bond motifs is 1. The number of nitrogens with zero attached hydrogens (tertiary/aromatic N) is 3. The lowest BCUT2D eigenvalue weighted by Crippen LogP contribution is -2.24. The van der Waals surface area contributed by atoms with Crippen LogP contribution in [0.1, 0.15) is 77.7 Å². The summed E-state index contributed by atoms with van der Waals surface area (Å²) in [6.45, 7) is 1.88. The second-order valence-electron chi connectivity index (χ2n) is 10.4. The van der Waals surface area contributed by atoms with Crippen LogP contribution in [0.5, 0.6) is 11.5 Å². The number of nitrogen functional groups attached to an aromatic ring is 2. The van der Waals surface area contributed by atoms with Crippen molar-refractivity contribution in [2.45, 2.75) is 51.5 Å². The van der Waals surface area contributed by atoms with Crippen LogP contribution in [0.15, 0.2) is 47.5 Å². The van der Waals surface area contributed by atoms with E-state index >= 15 is 0 Å². The Morgan fingerprint density at radius 1 is 1.07 bits per heavy atom. The van der Waals surface area contributed by atoms with Gasteiger partial charge in [-0.05, 0) is 49.6 Å². The van der Waals surface area contributed by atoms with Crippen LogP contribution in [0.4, 0.5) is 11.8 Å². The van der Waals surface area contributed by atoms with Crippen LogP contribution in [0.25, 0.3) is 10.9 Å². The number of carbonyl (C=O) groups excluding carboxylic acids is 1. The lowest BCUT2D eigenvalue weighted by atomic mass is 9.92. The molecular weight excluding hydrogens is 546 g/mol. The first-order valence-corrected chi connectivity index (χ1v) is 14.3. The van der Waals surface area contributed by atoms with Gasteiger partial charge in [0.1, 0.15) is 11.4 Å². The minimum absolute atomic E-state index is 0.00246. The van der Waals surface area contributed by atoms with Gasteiger partial charge in [-0.3, -0.25) is 4.79 Å². The lowest BCUT2D eigenvalue weighted by Gasteiger charge is -2.27. The maximum atomic E-state index is 14.0. The van der Waals surface area contributed by atoms with Gasteiger partial charge in [0.05, 0.1) is 37.3 Å². The van der Waals surface area contributed by atoms with Crippen LogP contribution >= 0.6 is 0 Å². The molecule has 0 saturated heterocycles. The standard InChI is InChI=1S/C33H35N5O5/c1-4-43-32(40)25-19-38(24-10-6-5-7-11-24)26-16-20(13-14-21-9-8-12-27(41-2)30(21)42-3)15-22(28(26)29(25)39)17-23-18-36-33(35)37-31(23)34/h8-9,12,15-16,18-19,24H,4-7,10-11,17H2,1-3H3,(H4,34,35,36,37). The number of hydrogen-bond acceptors (Lipinski definition) is 9. The molecule has 2 heterocycles. The fourth-order valence-electron chi connectivity index (χ4n) is 5.68. The molecule has 0 amide bonds. The van der Waals surface area contributed by atoms with E-state index in [4.69, 9.17) is 25.7 Å². The van der Waals surface area contributed by atoms with Crippen molar-refractivity contribution in [3.05, 3.63) is 80.8 Å². The Bertz CT molecular complexity index is 1800. The summed E-state index contributed by atoms with van der Waals surface area (Å²) in [5.41, 5.74) is 14.8. The summed E-state index contributed by atoms with van der Waals surface area (Å²) in [7, 11) is 3.15. The summed E-state index contributed by atoms with van der Waals surface area (Å²) < 4.78 is 18.4. The highest BCUT2D eigenvalue weighted by Gasteiger charge is 2.24. The topological polar surface area (TPSA) is 145 Å². The van der Waals surface area contributed by atoms with E-state index < -0.39 is 11.4 Å². The summed E-state index contributed by atoms with van der Waals surface area (Å²) in [4.78, 5) is 35.2. The number of benzene rings is 2. The highest BCUT2D eigenvalue weighted by atomic mass is 16.5. The van der Waals surface area contributed by atoms with Gasteiger partial charge < -0.3 is 30.2 Å². The molecule has 2 aromatic heterocycles. The molecule has 222 valence electrons. The summed E-state index contributed by atoms with van der Waals surface area (Å²) >= 11 is 0. The molecule has 1 aliphatic carbocycles. The Hall–Kier alpha value is -5.04. The van der Waals surface area contributed by atoms with E-state index in [0.29, 0.717) is 44.7 Å². The molecule has 2 aromatic carbocycles. The Labute approximate surface area is 250 Å². The monoisotopic (exact) mass is 581 g/mol. The van der Waals surface area contributed by atoms with Crippen molar-refractivity contribution in [1.82, 2.24) is 14.5 Å². The minimum Gasteiger partial charge on any atom is -0.493 e. The third-order valence-electron chi connectivity index (χ3n) is 7.72. The van der Waals surface area contributed by atoms with Gasteiger partial charge in [0.2, 0.25) is 11.4 Å². The molecule has 0 atom stereocenters. The van der Waals surface area contributed by atoms with Gasteiger partial charge in [0, 0.05) is 36.0 Å². The summed E-state index contributed by atoms with van der Waals surface area (Å²) in [6, 6.07) is 9.38. The predicted molar refractivity (Wildman–Crippen MR) is 165 cm³/mol. The number of para-hydroxylation sites is 1. The van der Waals surface area contributed by atoms with Crippen LogP contribution in [-0.2, 0) is 11.2 Å². The van der Waals surface area contributed by atoms with Gasteiger partial charge in [0.15, 0.2) is 11.5 Å². The van der Waals surface area contributed by atoms with E-state index in [-0.39, 0.29) is 36.4 Å². The van der Waals surface area contributed by atoms with Crippen molar-refractivity contribution >= 4 is 28.6 Å². The van der Waals surface area contributed by atoms with E-state index in [2.05, 4.69) is 26.4 Å². The van der Waals surface area contributed by atoms with Crippen molar-refractivity contribution < 1.29 is 19.0 Å². The molecule has 1 aliphatic rings. The number of pyridine rings is 1.